The maximum atomic E-state index is 9.53. The van der Waals surface area contributed by atoms with Gasteiger partial charge in [-0.3, -0.25) is 4.98 Å². The van der Waals surface area contributed by atoms with Crippen LogP contribution in [0.1, 0.15) is 38.5 Å². The van der Waals surface area contributed by atoms with Crippen LogP contribution in [0.4, 0.5) is 5.69 Å². The molecule has 0 radical (unpaired) electrons. The number of piperidine rings is 1. The Morgan fingerprint density at radius 1 is 1.10 bits per heavy atom. The lowest BCUT2D eigenvalue weighted by Gasteiger charge is -2.39. The summed E-state index contributed by atoms with van der Waals surface area (Å²) in [5.41, 5.74) is 1.29. The van der Waals surface area contributed by atoms with Gasteiger partial charge in [-0.25, -0.2) is 0 Å². The summed E-state index contributed by atoms with van der Waals surface area (Å²) in [6.45, 7) is 2.56. The summed E-state index contributed by atoms with van der Waals surface area (Å²) >= 11 is 0. The lowest BCUT2D eigenvalue weighted by atomic mass is 9.84. The molecule has 116 valence electrons. The molecule has 1 saturated carbocycles. The zero-order valence-corrected chi connectivity index (χ0v) is 12.7. The normalized spacial score (nSPS) is 27.8. The number of pyridine rings is 1. The number of nitrogens with one attached hydrogen (secondary N) is 1. The Hall–Kier alpha value is -1.13. The van der Waals surface area contributed by atoms with Gasteiger partial charge in [0.25, 0.3) is 0 Å². The zero-order chi connectivity index (χ0) is 14.5. The van der Waals surface area contributed by atoms with Gasteiger partial charge in [0.1, 0.15) is 0 Å². The standard InChI is InChI=1S/C17H27N3O/c21-13-14-3-1-2-4-17(14)19-15-7-11-20(12-8-15)16-5-9-18-10-6-16/h5-6,9-10,14-15,17,19,21H,1-4,7-8,11-13H2. The van der Waals surface area contributed by atoms with E-state index in [9.17, 15) is 5.11 Å². The van der Waals surface area contributed by atoms with Crippen LogP contribution in [0.5, 0.6) is 0 Å². The minimum Gasteiger partial charge on any atom is -0.396 e. The number of anilines is 1. The average molecular weight is 289 g/mol. The Morgan fingerprint density at radius 3 is 2.52 bits per heavy atom. The second kappa shape index (κ2) is 7.23. The van der Waals surface area contributed by atoms with Crippen LogP contribution in [0.25, 0.3) is 0 Å². The van der Waals surface area contributed by atoms with Gasteiger partial charge in [-0.1, -0.05) is 12.8 Å². The highest BCUT2D eigenvalue weighted by Crippen LogP contribution is 2.26. The van der Waals surface area contributed by atoms with Crippen molar-refractivity contribution in [3.8, 4) is 0 Å². The van der Waals surface area contributed by atoms with Gasteiger partial charge in [-0.15, -0.1) is 0 Å². The van der Waals surface area contributed by atoms with Gasteiger partial charge in [0, 0.05) is 49.9 Å². The van der Waals surface area contributed by atoms with Crippen molar-refractivity contribution in [3.05, 3.63) is 24.5 Å². The summed E-state index contributed by atoms with van der Waals surface area (Å²) in [4.78, 5) is 6.54. The molecule has 2 fully saturated rings. The van der Waals surface area contributed by atoms with Gasteiger partial charge in [0.05, 0.1) is 0 Å². The first-order valence-electron chi connectivity index (χ1n) is 8.38. The van der Waals surface area contributed by atoms with Crippen LogP contribution in [0.2, 0.25) is 0 Å². The minimum atomic E-state index is 0.341. The Kier molecular flexibility index (Phi) is 5.09. The monoisotopic (exact) mass is 289 g/mol. The molecule has 2 unspecified atom stereocenters. The fourth-order valence-electron chi connectivity index (χ4n) is 3.81. The van der Waals surface area contributed by atoms with E-state index in [2.05, 4.69) is 27.3 Å². The van der Waals surface area contributed by atoms with E-state index >= 15 is 0 Å². The van der Waals surface area contributed by atoms with Crippen LogP contribution in [-0.4, -0.2) is 41.9 Å². The SMILES string of the molecule is OCC1CCCCC1NC1CCN(c2ccncc2)CC1. The third-order valence-electron chi connectivity index (χ3n) is 5.12. The quantitative estimate of drug-likeness (QED) is 0.892. The van der Waals surface area contributed by atoms with Crippen molar-refractivity contribution in [1.82, 2.24) is 10.3 Å². The molecule has 4 nitrogen and oxygen atoms in total. The summed E-state index contributed by atoms with van der Waals surface area (Å²) in [6, 6.07) is 5.33. The van der Waals surface area contributed by atoms with Crippen LogP contribution in [-0.2, 0) is 0 Å². The first-order chi connectivity index (χ1) is 10.4. The molecule has 0 aromatic carbocycles. The number of aromatic nitrogens is 1. The van der Waals surface area contributed by atoms with Crippen LogP contribution in [0.15, 0.2) is 24.5 Å². The van der Waals surface area contributed by atoms with Crippen LogP contribution >= 0.6 is 0 Å². The number of rotatable bonds is 4. The molecule has 3 rings (SSSR count). The topological polar surface area (TPSA) is 48.4 Å². The fourth-order valence-corrected chi connectivity index (χ4v) is 3.81. The molecule has 1 aliphatic carbocycles. The van der Waals surface area contributed by atoms with Crippen molar-refractivity contribution >= 4 is 5.69 Å². The number of aliphatic hydroxyl groups is 1. The molecular weight excluding hydrogens is 262 g/mol. The van der Waals surface area contributed by atoms with Crippen molar-refractivity contribution in [2.24, 2.45) is 5.92 Å². The van der Waals surface area contributed by atoms with E-state index in [-0.39, 0.29) is 0 Å². The molecule has 1 saturated heterocycles. The highest BCUT2D eigenvalue weighted by Gasteiger charge is 2.28. The highest BCUT2D eigenvalue weighted by atomic mass is 16.3. The molecule has 2 atom stereocenters. The van der Waals surface area contributed by atoms with Crippen molar-refractivity contribution in [1.29, 1.82) is 0 Å². The first-order valence-corrected chi connectivity index (χ1v) is 8.38. The molecule has 2 heterocycles. The summed E-state index contributed by atoms with van der Waals surface area (Å²) in [7, 11) is 0. The molecule has 1 aromatic heterocycles. The maximum absolute atomic E-state index is 9.53. The van der Waals surface area contributed by atoms with Gasteiger partial charge in [-0.05, 0) is 43.7 Å². The maximum Gasteiger partial charge on any atom is 0.0474 e. The molecule has 2 aliphatic rings. The van der Waals surface area contributed by atoms with Crippen molar-refractivity contribution in [2.75, 3.05) is 24.6 Å². The average Bonchev–Trinajstić information content (AvgIpc) is 2.57. The molecule has 21 heavy (non-hydrogen) atoms. The predicted octanol–water partition coefficient (Wildman–Crippen LogP) is 2.19. The minimum absolute atomic E-state index is 0.341. The molecule has 0 amide bonds. The molecule has 1 aromatic rings. The second-order valence-corrected chi connectivity index (χ2v) is 6.47. The van der Waals surface area contributed by atoms with Crippen LogP contribution in [0, 0.1) is 5.92 Å². The number of nitrogens with zero attached hydrogens (tertiary/aromatic N) is 2. The molecule has 4 heteroatoms. The lowest BCUT2D eigenvalue weighted by molar-refractivity contribution is 0.142. The smallest absolute Gasteiger partial charge is 0.0474 e. The Bertz CT molecular complexity index is 417. The Balaban J connectivity index is 1.49. The Labute approximate surface area is 127 Å². The third kappa shape index (κ3) is 3.74. The largest absolute Gasteiger partial charge is 0.396 e. The molecular formula is C17H27N3O. The second-order valence-electron chi connectivity index (χ2n) is 6.47. The van der Waals surface area contributed by atoms with E-state index in [1.54, 1.807) is 0 Å². The van der Waals surface area contributed by atoms with E-state index < -0.39 is 0 Å². The van der Waals surface area contributed by atoms with E-state index in [0.717, 1.165) is 13.1 Å². The predicted molar refractivity (Wildman–Crippen MR) is 85.4 cm³/mol. The van der Waals surface area contributed by atoms with Gasteiger partial charge < -0.3 is 15.3 Å². The molecule has 2 N–H and O–H groups in total. The van der Waals surface area contributed by atoms with Crippen molar-refractivity contribution in [2.45, 2.75) is 50.6 Å². The molecule has 0 bridgehead atoms. The van der Waals surface area contributed by atoms with Crippen molar-refractivity contribution < 1.29 is 5.11 Å². The lowest BCUT2D eigenvalue weighted by Crippen LogP contribution is -2.50. The zero-order valence-electron chi connectivity index (χ0n) is 12.7. The number of hydrogen-bond acceptors (Lipinski definition) is 4. The van der Waals surface area contributed by atoms with Gasteiger partial charge >= 0.3 is 0 Å². The van der Waals surface area contributed by atoms with Gasteiger partial charge in [-0.2, -0.15) is 0 Å². The summed E-state index contributed by atoms with van der Waals surface area (Å²) in [5.74, 6) is 0.469. The van der Waals surface area contributed by atoms with E-state index in [4.69, 9.17) is 0 Å². The van der Waals surface area contributed by atoms with Crippen LogP contribution < -0.4 is 10.2 Å². The van der Waals surface area contributed by atoms with E-state index in [0.29, 0.717) is 24.6 Å². The third-order valence-corrected chi connectivity index (χ3v) is 5.12. The fraction of sp³-hybridized carbons (Fsp3) is 0.706. The number of hydrogen-bond donors (Lipinski definition) is 2. The summed E-state index contributed by atoms with van der Waals surface area (Å²) < 4.78 is 0. The van der Waals surface area contributed by atoms with Gasteiger partial charge in [0.15, 0.2) is 0 Å². The molecule has 1 aliphatic heterocycles. The van der Waals surface area contributed by atoms with Crippen LogP contribution in [0.3, 0.4) is 0 Å². The van der Waals surface area contributed by atoms with Gasteiger partial charge in [0.2, 0.25) is 0 Å². The van der Waals surface area contributed by atoms with E-state index in [1.165, 1.54) is 44.2 Å². The van der Waals surface area contributed by atoms with Crippen molar-refractivity contribution in [3.63, 3.8) is 0 Å². The molecule has 0 spiro atoms. The number of aliphatic hydroxyl groups excluding tert-OH is 1. The summed E-state index contributed by atoms with van der Waals surface area (Å²) in [6.07, 6.45) is 11.1. The highest BCUT2D eigenvalue weighted by molar-refractivity contribution is 5.44. The summed E-state index contributed by atoms with van der Waals surface area (Å²) in [5, 5.41) is 13.4. The first kappa shape index (κ1) is 14.8. The Morgan fingerprint density at radius 2 is 1.81 bits per heavy atom. The van der Waals surface area contributed by atoms with E-state index in [1.807, 2.05) is 12.4 Å².